The molecule has 7 heteroatoms. The second-order valence-electron chi connectivity index (χ2n) is 5.45. The second kappa shape index (κ2) is 4.90. The van der Waals surface area contributed by atoms with Crippen molar-refractivity contribution in [3.05, 3.63) is 49.1 Å². The van der Waals surface area contributed by atoms with Gasteiger partial charge in [-0.15, -0.1) is 0 Å². The van der Waals surface area contributed by atoms with Crippen LogP contribution in [-0.2, 0) is 0 Å². The van der Waals surface area contributed by atoms with Crippen molar-refractivity contribution in [2.24, 2.45) is 0 Å². The highest BCUT2D eigenvalue weighted by Gasteiger charge is 2.16. The number of aromatic amines is 1. The Labute approximate surface area is 140 Å². The summed E-state index contributed by atoms with van der Waals surface area (Å²) in [6.45, 7) is 0. The number of rotatable bonds is 2. The molecule has 0 radical (unpaired) electrons. The lowest BCUT2D eigenvalue weighted by molar-refractivity contribution is 0.632. The number of H-pyrrole nitrogens is 1. The zero-order valence-electron chi connectivity index (χ0n) is 12.4. The van der Waals surface area contributed by atoms with Gasteiger partial charge in [0.25, 0.3) is 0 Å². The second-order valence-corrected chi connectivity index (χ2v) is 6.25. The number of benzene rings is 1. The van der Waals surface area contributed by atoms with Gasteiger partial charge in [-0.3, -0.25) is 5.10 Å². The van der Waals surface area contributed by atoms with Gasteiger partial charge in [-0.25, -0.2) is 4.98 Å². The summed E-state index contributed by atoms with van der Waals surface area (Å²) in [5.74, 6) is 1.13. The average Bonchev–Trinajstić information content (AvgIpc) is 3.34. The van der Waals surface area contributed by atoms with Crippen LogP contribution in [0.15, 0.2) is 53.5 Å². The lowest BCUT2D eigenvalue weighted by Gasteiger charge is -2.00. The van der Waals surface area contributed by atoms with Crippen LogP contribution in [0.4, 0.5) is 5.82 Å². The first-order valence-electron chi connectivity index (χ1n) is 7.32. The zero-order chi connectivity index (χ0) is 16.1. The monoisotopic (exact) mass is 333 g/mol. The van der Waals surface area contributed by atoms with Crippen molar-refractivity contribution in [3.8, 4) is 22.5 Å². The van der Waals surface area contributed by atoms with Crippen LogP contribution in [0.1, 0.15) is 0 Å². The molecule has 0 saturated carbocycles. The van der Waals surface area contributed by atoms with E-state index in [4.69, 9.17) is 10.2 Å². The van der Waals surface area contributed by atoms with E-state index in [1.54, 1.807) is 12.4 Å². The topological polar surface area (TPSA) is 93.6 Å². The van der Waals surface area contributed by atoms with Crippen LogP contribution in [0.5, 0.6) is 0 Å². The Bertz CT molecular complexity index is 1170. The van der Waals surface area contributed by atoms with Crippen LogP contribution in [0.3, 0.4) is 0 Å². The van der Waals surface area contributed by atoms with E-state index >= 15 is 0 Å². The SMILES string of the molecule is Nc1ncc(-c2cn[nH]c2)c2cc(-c3cccc4cnsc34)oc12. The van der Waals surface area contributed by atoms with Gasteiger partial charge < -0.3 is 10.2 Å². The summed E-state index contributed by atoms with van der Waals surface area (Å²) in [5, 5.41) is 8.84. The van der Waals surface area contributed by atoms with E-state index in [2.05, 4.69) is 19.6 Å². The molecule has 116 valence electrons. The number of anilines is 1. The minimum Gasteiger partial charge on any atom is -0.452 e. The summed E-state index contributed by atoms with van der Waals surface area (Å²) in [7, 11) is 0. The van der Waals surface area contributed by atoms with E-state index in [-0.39, 0.29) is 0 Å². The molecule has 0 atom stereocenters. The number of hydrogen-bond donors (Lipinski definition) is 2. The Morgan fingerprint density at radius 1 is 1.12 bits per heavy atom. The Balaban J connectivity index is 1.81. The van der Waals surface area contributed by atoms with Gasteiger partial charge in [-0.2, -0.15) is 9.47 Å². The van der Waals surface area contributed by atoms with Crippen molar-refractivity contribution >= 4 is 38.4 Å². The van der Waals surface area contributed by atoms with Gasteiger partial charge in [0, 0.05) is 46.1 Å². The van der Waals surface area contributed by atoms with Gasteiger partial charge in [-0.1, -0.05) is 12.1 Å². The van der Waals surface area contributed by atoms with Crippen LogP contribution < -0.4 is 5.73 Å². The smallest absolute Gasteiger partial charge is 0.177 e. The van der Waals surface area contributed by atoms with E-state index in [0.29, 0.717) is 11.4 Å². The van der Waals surface area contributed by atoms with Crippen LogP contribution in [-0.4, -0.2) is 19.6 Å². The molecule has 0 fully saturated rings. The maximum atomic E-state index is 6.06. The van der Waals surface area contributed by atoms with Gasteiger partial charge in [0.2, 0.25) is 0 Å². The fourth-order valence-corrected chi connectivity index (χ4v) is 3.66. The van der Waals surface area contributed by atoms with Crippen LogP contribution in [0, 0.1) is 0 Å². The van der Waals surface area contributed by atoms with Crippen molar-refractivity contribution in [2.75, 3.05) is 5.73 Å². The number of nitrogens with two attached hydrogens (primary N) is 1. The number of aromatic nitrogens is 4. The molecule has 0 amide bonds. The van der Waals surface area contributed by atoms with Crippen molar-refractivity contribution in [1.82, 2.24) is 19.6 Å². The summed E-state index contributed by atoms with van der Waals surface area (Å²) in [5.41, 5.74) is 9.49. The summed E-state index contributed by atoms with van der Waals surface area (Å²) in [6, 6.07) is 8.07. The van der Waals surface area contributed by atoms with Crippen molar-refractivity contribution in [3.63, 3.8) is 0 Å². The third-order valence-corrected chi connectivity index (χ3v) is 4.89. The van der Waals surface area contributed by atoms with Gasteiger partial charge in [0.15, 0.2) is 11.4 Å². The van der Waals surface area contributed by atoms with Crippen molar-refractivity contribution in [2.45, 2.75) is 0 Å². The van der Waals surface area contributed by atoms with Crippen molar-refractivity contribution in [1.29, 1.82) is 0 Å². The standard InChI is InChI=1S/C17H11N5OS/c18-17-15-12(13(8-19-17)10-5-20-21-6-10)4-14(23-15)11-3-1-2-9-7-22-24-16(9)11/h1-8H,(H2,18,19)(H,20,21). The third kappa shape index (κ3) is 1.85. The van der Waals surface area contributed by atoms with E-state index in [1.807, 2.05) is 36.7 Å². The zero-order valence-corrected chi connectivity index (χ0v) is 13.2. The lowest BCUT2D eigenvalue weighted by atomic mass is 10.1. The van der Waals surface area contributed by atoms with Crippen molar-refractivity contribution < 1.29 is 4.42 Å². The highest BCUT2D eigenvalue weighted by Crippen LogP contribution is 2.39. The molecule has 6 nitrogen and oxygen atoms in total. The third-order valence-electron chi connectivity index (χ3n) is 4.04. The minimum atomic E-state index is 0.375. The Kier molecular flexibility index (Phi) is 2.71. The van der Waals surface area contributed by atoms with Gasteiger partial charge >= 0.3 is 0 Å². The molecule has 1 aromatic carbocycles. The number of nitrogens with one attached hydrogen (secondary N) is 1. The summed E-state index contributed by atoms with van der Waals surface area (Å²) in [6.07, 6.45) is 7.18. The number of furan rings is 1. The molecular weight excluding hydrogens is 322 g/mol. The highest BCUT2D eigenvalue weighted by molar-refractivity contribution is 7.13. The summed E-state index contributed by atoms with van der Waals surface area (Å²) >= 11 is 1.45. The van der Waals surface area contributed by atoms with E-state index in [9.17, 15) is 0 Å². The normalized spacial score (nSPS) is 11.5. The predicted molar refractivity (Wildman–Crippen MR) is 94.6 cm³/mol. The maximum Gasteiger partial charge on any atom is 0.177 e. The molecule has 24 heavy (non-hydrogen) atoms. The summed E-state index contributed by atoms with van der Waals surface area (Å²) < 4.78 is 11.4. The quantitative estimate of drug-likeness (QED) is 0.508. The molecular formula is C17H11N5OS. The van der Waals surface area contributed by atoms with Gasteiger partial charge in [-0.05, 0) is 23.7 Å². The molecule has 4 heterocycles. The molecule has 0 aliphatic heterocycles. The maximum absolute atomic E-state index is 6.06. The number of nitrogen functional groups attached to an aromatic ring is 1. The van der Waals surface area contributed by atoms with Gasteiger partial charge in [0.05, 0.1) is 10.9 Å². The van der Waals surface area contributed by atoms with Crippen LogP contribution >= 0.6 is 11.5 Å². The largest absolute Gasteiger partial charge is 0.452 e. The molecule has 0 bridgehead atoms. The first-order valence-corrected chi connectivity index (χ1v) is 8.09. The highest BCUT2D eigenvalue weighted by atomic mass is 32.1. The Morgan fingerprint density at radius 2 is 2.08 bits per heavy atom. The molecule has 4 aromatic heterocycles. The fourth-order valence-electron chi connectivity index (χ4n) is 2.89. The van der Waals surface area contributed by atoms with Crippen LogP contribution in [0.25, 0.3) is 43.5 Å². The molecule has 5 aromatic rings. The van der Waals surface area contributed by atoms with Crippen LogP contribution in [0.2, 0.25) is 0 Å². The number of pyridine rings is 1. The Morgan fingerprint density at radius 3 is 2.96 bits per heavy atom. The average molecular weight is 333 g/mol. The minimum absolute atomic E-state index is 0.375. The van der Waals surface area contributed by atoms with E-state index in [1.165, 1.54) is 11.5 Å². The fraction of sp³-hybridized carbons (Fsp3) is 0. The predicted octanol–water partition coefficient (Wildman–Crippen LogP) is 4.08. The Hall–Kier alpha value is -3.19. The molecule has 5 rings (SSSR count). The molecule has 0 aliphatic rings. The molecule has 0 aliphatic carbocycles. The number of nitrogens with zero attached hydrogens (tertiary/aromatic N) is 3. The molecule has 0 spiro atoms. The lowest BCUT2D eigenvalue weighted by Crippen LogP contribution is -1.90. The molecule has 0 unspecified atom stereocenters. The van der Waals surface area contributed by atoms with E-state index < -0.39 is 0 Å². The van der Waals surface area contributed by atoms with E-state index in [0.717, 1.165) is 37.9 Å². The molecule has 0 saturated heterocycles. The van der Waals surface area contributed by atoms with Gasteiger partial charge in [0.1, 0.15) is 5.76 Å². The first-order chi connectivity index (χ1) is 11.8. The number of fused-ring (bicyclic) bond motifs is 2. The summed E-state index contributed by atoms with van der Waals surface area (Å²) in [4.78, 5) is 4.26. The first kappa shape index (κ1) is 13.3. The number of hydrogen-bond acceptors (Lipinski definition) is 6. The molecule has 3 N–H and O–H groups in total.